The molecule has 6 nitrogen and oxygen atoms in total. The van der Waals surface area contributed by atoms with Crippen molar-refractivity contribution in [1.29, 1.82) is 0 Å². The number of aliphatic hydroxyl groups is 1. The van der Waals surface area contributed by atoms with Crippen LogP contribution in [0.25, 0.3) is 0 Å². The van der Waals surface area contributed by atoms with Crippen LogP contribution in [-0.4, -0.2) is 43.8 Å². The lowest BCUT2D eigenvalue weighted by molar-refractivity contribution is 0.121. The van der Waals surface area contributed by atoms with Gasteiger partial charge in [0, 0.05) is 25.8 Å². The average Bonchev–Trinajstić information content (AvgIpc) is 2.71. The smallest absolute Gasteiger partial charge is 0.407 e. The van der Waals surface area contributed by atoms with Crippen LogP contribution in [0.15, 0.2) is 6.20 Å². The predicted molar refractivity (Wildman–Crippen MR) is 67.9 cm³/mol. The number of aliphatic hydroxyl groups excluding tert-OH is 1. The van der Waals surface area contributed by atoms with E-state index in [1.165, 1.54) is 4.90 Å². The summed E-state index contributed by atoms with van der Waals surface area (Å²) >= 11 is 5.16. The number of piperidine rings is 1. The largest absolute Gasteiger partial charge is 0.465 e. The maximum absolute atomic E-state index is 10.8. The monoisotopic (exact) mass is 271 g/mol. The summed E-state index contributed by atoms with van der Waals surface area (Å²) in [6.45, 7) is 1.85. The molecule has 2 rings (SSSR count). The van der Waals surface area contributed by atoms with Crippen LogP contribution in [-0.2, 0) is 13.2 Å². The second kappa shape index (κ2) is 5.53. The van der Waals surface area contributed by atoms with Crippen LogP contribution < -0.4 is 0 Å². The fourth-order valence-electron chi connectivity index (χ4n) is 2.33. The Bertz CT molecular complexity index is 474. The van der Waals surface area contributed by atoms with E-state index in [0.717, 1.165) is 25.1 Å². The highest BCUT2D eigenvalue weighted by Crippen LogP contribution is 2.20. The molecule has 0 saturated carbocycles. The minimum Gasteiger partial charge on any atom is -0.465 e. The van der Waals surface area contributed by atoms with Crippen molar-refractivity contribution in [3.63, 3.8) is 0 Å². The molecule has 1 amide bonds. The first-order chi connectivity index (χ1) is 8.61. The maximum atomic E-state index is 10.8. The van der Waals surface area contributed by atoms with E-state index in [0.29, 0.717) is 23.8 Å². The average molecular weight is 271 g/mol. The van der Waals surface area contributed by atoms with Crippen molar-refractivity contribution < 1.29 is 15.0 Å². The van der Waals surface area contributed by atoms with Crippen LogP contribution >= 0.6 is 12.2 Å². The number of aromatic nitrogens is 2. The Hall–Kier alpha value is -1.34. The van der Waals surface area contributed by atoms with Gasteiger partial charge in [-0.05, 0) is 31.0 Å². The third kappa shape index (κ3) is 2.73. The Morgan fingerprint density at radius 2 is 2.17 bits per heavy atom. The summed E-state index contributed by atoms with van der Waals surface area (Å²) in [5.41, 5.74) is 0.778. The number of amides is 1. The molecule has 0 bridgehead atoms. The summed E-state index contributed by atoms with van der Waals surface area (Å²) in [4.78, 5) is 15.2. The van der Waals surface area contributed by atoms with E-state index in [1.54, 1.807) is 6.20 Å². The molecule has 1 saturated heterocycles. The highest BCUT2D eigenvalue weighted by atomic mass is 32.1. The lowest BCUT2D eigenvalue weighted by Gasteiger charge is -2.30. The molecule has 2 heterocycles. The summed E-state index contributed by atoms with van der Waals surface area (Å²) in [5, 5.41) is 18.1. The van der Waals surface area contributed by atoms with Gasteiger partial charge in [-0.3, -0.25) is 0 Å². The lowest BCUT2D eigenvalue weighted by atomic mass is 9.97. The van der Waals surface area contributed by atoms with Crippen molar-refractivity contribution in [3.8, 4) is 0 Å². The normalized spacial score (nSPS) is 17.1. The molecule has 0 atom stereocenters. The second-order valence-electron chi connectivity index (χ2n) is 4.57. The highest BCUT2D eigenvalue weighted by Gasteiger charge is 2.23. The number of carbonyl (C=O) groups is 1. The van der Waals surface area contributed by atoms with Crippen molar-refractivity contribution in [1.82, 2.24) is 14.5 Å². The van der Waals surface area contributed by atoms with Gasteiger partial charge in [-0.2, -0.15) is 0 Å². The number of carboxylic acid groups (broad SMARTS) is 1. The van der Waals surface area contributed by atoms with Crippen LogP contribution in [0.3, 0.4) is 0 Å². The summed E-state index contributed by atoms with van der Waals surface area (Å²) in [6.07, 6.45) is 2.55. The molecule has 0 radical (unpaired) electrons. The summed E-state index contributed by atoms with van der Waals surface area (Å²) < 4.78 is 2.51. The van der Waals surface area contributed by atoms with Crippen LogP contribution in [0.1, 0.15) is 18.5 Å². The Morgan fingerprint density at radius 3 is 2.72 bits per heavy atom. The Balaban J connectivity index is 1.97. The molecule has 3 N–H and O–H groups in total. The van der Waals surface area contributed by atoms with Crippen molar-refractivity contribution >= 4 is 18.3 Å². The molecule has 0 aliphatic carbocycles. The van der Waals surface area contributed by atoms with E-state index < -0.39 is 6.09 Å². The molecule has 1 aliphatic rings. The van der Waals surface area contributed by atoms with E-state index in [9.17, 15) is 9.90 Å². The molecule has 7 heteroatoms. The van der Waals surface area contributed by atoms with Gasteiger partial charge in [-0.25, -0.2) is 4.79 Å². The van der Waals surface area contributed by atoms with Gasteiger partial charge in [-0.15, -0.1) is 0 Å². The summed E-state index contributed by atoms with van der Waals surface area (Å²) in [6, 6.07) is 0. The highest BCUT2D eigenvalue weighted by molar-refractivity contribution is 7.71. The molecule has 0 spiro atoms. The molecule has 1 aromatic heterocycles. The molecular weight excluding hydrogens is 254 g/mol. The van der Waals surface area contributed by atoms with Crippen LogP contribution in [0.2, 0.25) is 0 Å². The number of nitrogens with zero attached hydrogens (tertiary/aromatic N) is 2. The zero-order chi connectivity index (χ0) is 13.1. The SMILES string of the molecule is O=C(O)N1CCC(Cn2c(CO)c[nH]c2=S)CC1. The van der Waals surface area contributed by atoms with Crippen molar-refractivity contribution in [2.75, 3.05) is 13.1 Å². The molecule has 1 aliphatic heterocycles. The molecule has 0 unspecified atom stereocenters. The van der Waals surface area contributed by atoms with Crippen LogP contribution in [0, 0.1) is 10.7 Å². The van der Waals surface area contributed by atoms with E-state index in [1.807, 2.05) is 4.57 Å². The number of hydrogen-bond acceptors (Lipinski definition) is 3. The van der Waals surface area contributed by atoms with Gasteiger partial charge in [0.25, 0.3) is 0 Å². The standard InChI is InChI=1S/C11H17N3O3S/c15-7-9-5-12-10(18)14(9)6-8-1-3-13(4-2-8)11(16)17/h5,8,15H,1-4,6-7H2,(H,12,18)(H,16,17). The lowest BCUT2D eigenvalue weighted by Crippen LogP contribution is -2.38. The van der Waals surface area contributed by atoms with E-state index in [-0.39, 0.29) is 6.61 Å². The van der Waals surface area contributed by atoms with Crippen molar-refractivity contribution in [2.45, 2.75) is 26.0 Å². The van der Waals surface area contributed by atoms with Gasteiger partial charge < -0.3 is 24.7 Å². The molecule has 18 heavy (non-hydrogen) atoms. The first-order valence-electron chi connectivity index (χ1n) is 5.97. The fraction of sp³-hybridized carbons (Fsp3) is 0.636. The van der Waals surface area contributed by atoms with Crippen LogP contribution in [0.4, 0.5) is 4.79 Å². The second-order valence-corrected chi connectivity index (χ2v) is 4.95. The summed E-state index contributed by atoms with van der Waals surface area (Å²) in [7, 11) is 0. The van der Waals surface area contributed by atoms with Gasteiger partial charge in [0.1, 0.15) is 0 Å². The van der Waals surface area contributed by atoms with E-state index in [2.05, 4.69) is 4.98 Å². The van der Waals surface area contributed by atoms with Gasteiger partial charge in [0.15, 0.2) is 4.77 Å². The third-order valence-corrected chi connectivity index (χ3v) is 3.78. The molecule has 1 aromatic rings. The van der Waals surface area contributed by atoms with Gasteiger partial charge in [0.2, 0.25) is 0 Å². The van der Waals surface area contributed by atoms with Crippen LogP contribution in [0.5, 0.6) is 0 Å². The number of nitrogens with one attached hydrogen (secondary N) is 1. The van der Waals surface area contributed by atoms with E-state index in [4.69, 9.17) is 17.3 Å². The minimum absolute atomic E-state index is 0.0406. The number of likely N-dealkylation sites (tertiary alicyclic amines) is 1. The predicted octanol–water partition coefficient (Wildman–Crippen LogP) is 1.43. The fourth-order valence-corrected chi connectivity index (χ4v) is 2.58. The zero-order valence-corrected chi connectivity index (χ0v) is 10.8. The number of aromatic amines is 1. The van der Waals surface area contributed by atoms with Gasteiger partial charge in [-0.1, -0.05) is 0 Å². The molecule has 0 aromatic carbocycles. The molecule has 1 fully saturated rings. The van der Waals surface area contributed by atoms with Crippen molar-refractivity contribution in [3.05, 3.63) is 16.7 Å². The maximum Gasteiger partial charge on any atom is 0.407 e. The number of hydrogen-bond donors (Lipinski definition) is 3. The van der Waals surface area contributed by atoms with E-state index >= 15 is 0 Å². The minimum atomic E-state index is -0.845. The third-order valence-electron chi connectivity index (χ3n) is 3.44. The summed E-state index contributed by atoms with van der Waals surface area (Å²) in [5.74, 6) is 0.411. The first kappa shape index (κ1) is 13.1. The Morgan fingerprint density at radius 1 is 1.50 bits per heavy atom. The molecular formula is C11H17N3O3S. The Labute approximate surface area is 110 Å². The van der Waals surface area contributed by atoms with Gasteiger partial charge in [0.05, 0.1) is 12.3 Å². The van der Waals surface area contributed by atoms with Crippen molar-refractivity contribution in [2.24, 2.45) is 5.92 Å². The quantitative estimate of drug-likeness (QED) is 0.726. The number of rotatable bonds is 3. The number of imidazole rings is 1. The molecule has 100 valence electrons. The number of H-pyrrole nitrogens is 1. The zero-order valence-electron chi connectivity index (χ0n) is 10.0. The first-order valence-corrected chi connectivity index (χ1v) is 6.38. The topological polar surface area (TPSA) is 81.5 Å². The Kier molecular flexibility index (Phi) is 4.03. The van der Waals surface area contributed by atoms with Gasteiger partial charge >= 0.3 is 6.09 Å².